The van der Waals surface area contributed by atoms with Crippen LogP contribution in [0.5, 0.6) is 0 Å². The summed E-state index contributed by atoms with van der Waals surface area (Å²) in [7, 11) is 0. The second kappa shape index (κ2) is 4.80. The topological polar surface area (TPSA) is 35.5 Å². The van der Waals surface area contributed by atoms with Crippen LogP contribution in [0.1, 0.15) is 20.3 Å². The molecule has 0 atom stereocenters. The molecule has 0 unspecified atom stereocenters. The lowest BCUT2D eigenvalue weighted by atomic mass is 10.1. The summed E-state index contributed by atoms with van der Waals surface area (Å²) in [5.74, 6) is 0. The fourth-order valence-electron chi connectivity index (χ4n) is 1.62. The van der Waals surface area contributed by atoms with Crippen molar-refractivity contribution >= 4 is 0 Å². The van der Waals surface area contributed by atoms with E-state index in [9.17, 15) is 0 Å². The third-order valence-electron chi connectivity index (χ3n) is 2.47. The number of aliphatic hydroxyl groups excluding tert-OH is 1. The molecule has 12 heavy (non-hydrogen) atoms. The van der Waals surface area contributed by atoms with Crippen LogP contribution in [0.2, 0.25) is 0 Å². The van der Waals surface area contributed by atoms with Gasteiger partial charge in [-0.1, -0.05) is 0 Å². The van der Waals surface area contributed by atoms with Gasteiger partial charge in [0.15, 0.2) is 0 Å². The van der Waals surface area contributed by atoms with Crippen molar-refractivity contribution in [2.75, 3.05) is 26.2 Å². The number of hydrogen-bond donors (Lipinski definition) is 2. The average Bonchev–Trinajstić information content (AvgIpc) is 1.93. The number of rotatable bonds is 5. The number of aliphatic hydroxyl groups is 1. The minimum Gasteiger partial charge on any atom is -0.396 e. The van der Waals surface area contributed by atoms with E-state index in [0.29, 0.717) is 18.7 Å². The Morgan fingerprint density at radius 1 is 1.50 bits per heavy atom. The molecule has 0 bridgehead atoms. The third-order valence-corrected chi connectivity index (χ3v) is 2.47. The highest BCUT2D eigenvalue weighted by atomic mass is 16.3. The lowest BCUT2D eigenvalue weighted by Crippen LogP contribution is -2.59. The minimum atomic E-state index is 0.309. The fourth-order valence-corrected chi connectivity index (χ4v) is 1.62. The summed E-state index contributed by atoms with van der Waals surface area (Å²) in [6.07, 6.45) is 0.898. The lowest BCUT2D eigenvalue weighted by molar-refractivity contribution is 0.101. The zero-order chi connectivity index (χ0) is 8.97. The van der Waals surface area contributed by atoms with Gasteiger partial charge in [0.05, 0.1) is 0 Å². The van der Waals surface area contributed by atoms with E-state index in [2.05, 4.69) is 24.1 Å². The Labute approximate surface area is 74.8 Å². The molecule has 0 amide bonds. The molecule has 1 heterocycles. The van der Waals surface area contributed by atoms with Gasteiger partial charge in [0, 0.05) is 38.3 Å². The summed E-state index contributed by atoms with van der Waals surface area (Å²) in [5.41, 5.74) is 0. The standard InChI is InChI=1S/C9H20N2O/c1-8(2)11(4-3-5-12)9-6-10-7-9/h8-10,12H,3-7H2,1-2H3. The zero-order valence-electron chi connectivity index (χ0n) is 8.08. The summed E-state index contributed by atoms with van der Waals surface area (Å²) in [6.45, 7) is 8.00. The molecule has 1 fully saturated rings. The first-order valence-electron chi connectivity index (χ1n) is 4.83. The van der Waals surface area contributed by atoms with E-state index in [0.717, 1.165) is 26.1 Å². The molecule has 0 aromatic heterocycles. The summed E-state index contributed by atoms with van der Waals surface area (Å²) < 4.78 is 0. The van der Waals surface area contributed by atoms with Crippen molar-refractivity contribution in [2.45, 2.75) is 32.4 Å². The van der Waals surface area contributed by atoms with Crippen molar-refractivity contribution in [3.05, 3.63) is 0 Å². The van der Waals surface area contributed by atoms with E-state index >= 15 is 0 Å². The predicted octanol–water partition coefficient (Wildman–Crippen LogP) is 0.0510. The summed E-state index contributed by atoms with van der Waals surface area (Å²) >= 11 is 0. The van der Waals surface area contributed by atoms with Crippen LogP contribution >= 0.6 is 0 Å². The predicted molar refractivity (Wildman–Crippen MR) is 50.2 cm³/mol. The lowest BCUT2D eigenvalue weighted by Gasteiger charge is -2.40. The molecule has 0 radical (unpaired) electrons. The Morgan fingerprint density at radius 2 is 2.17 bits per heavy atom. The normalized spacial score (nSPS) is 18.8. The molecule has 3 nitrogen and oxygen atoms in total. The van der Waals surface area contributed by atoms with Crippen LogP contribution in [0.4, 0.5) is 0 Å². The molecule has 0 spiro atoms. The van der Waals surface area contributed by atoms with Gasteiger partial charge in [-0.05, 0) is 20.3 Å². The van der Waals surface area contributed by atoms with E-state index in [1.54, 1.807) is 0 Å². The third kappa shape index (κ3) is 2.44. The minimum absolute atomic E-state index is 0.309. The Balaban J connectivity index is 2.27. The molecule has 1 aliphatic rings. The maximum absolute atomic E-state index is 8.73. The largest absolute Gasteiger partial charge is 0.396 e. The average molecular weight is 172 g/mol. The molecule has 0 aliphatic carbocycles. The van der Waals surface area contributed by atoms with Crippen molar-refractivity contribution < 1.29 is 5.11 Å². The van der Waals surface area contributed by atoms with Crippen LogP contribution in [-0.4, -0.2) is 48.3 Å². The first kappa shape index (κ1) is 9.96. The molecule has 72 valence electrons. The summed E-state index contributed by atoms with van der Waals surface area (Å²) in [5, 5.41) is 12.0. The quantitative estimate of drug-likeness (QED) is 0.615. The van der Waals surface area contributed by atoms with Crippen LogP contribution in [0, 0.1) is 0 Å². The van der Waals surface area contributed by atoms with Gasteiger partial charge in [0.2, 0.25) is 0 Å². The highest BCUT2D eigenvalue weighted by Crippen LogP contribution is 2.09. The van der Waals surface area contributed by atoms with Crippen molar-refractivity contribution in [2.24, 2.45) is 0 Å². The van der Waals surface area contributed by atoms with Gasteiger partial charge < -0.3 is 10.4 Å². The maximum atomic E-state index is 8.73. The van der Waals surface area contributed by atoms with E-state index in [1.807, 2.05) is 0 Å². The van der Waals surface area contributed by atoms with Gasteiger partial charge in [-0.15, -0.1) is 0 Å². The zero-order valence-corrected chi connectivity index (χ0v) is 8.08. The fraction of sp³-hybridized carbons (Fsp3) is 1.00. The smallest absolute Gasteiger partial charge is 0.0443 e. The summed E-state index contributed by atoms with van der Waals surface area (Å²) in [4.78, 5) is 2.46. The van der Waals surface area contributed by atoms with Gasteiger partial charge in [0.25, 0.3) is 0 Å². The monoisotopic (exact) mass is 172 g/mol. The van der Waals surface area contributed by atoms with E-state index in [4.69, 9.17) is 5.11 Å². The van der Waals surface area contributed by atoms with Gasteiger partial charge in [-0.3, -0.25) is 4.90 Å². The SMILES string of the molecule is CC(C)N(CCCO)C1CNC1. The van der Waals surface area contributed by atoms with E-state index in [-0.39, 0.29) is 0 Å². The molecule has 0 saturated carbocycles. The molecular formula is C9H20N2O. The Morgan fingerprint density at radius 3 is 2.50 bits per heavy atom. The van der Waals surface area contributed by atoms with E-state index < -0.39 is 0 Å². The van der Waals surface area contributed by atoms with Gasteiger partial charge in [-0.2, -0.15) is 0 Å². The Kier molecular flexibility index (Phi) is 3.98. The first-order chi connectivity index (χ1) is 5.75. The Hall–Kier alpha value is -0.120. The van der Waals surface area contributed by atoms with Crippen molar-refractivity contribution in [1.82, 2.24) is 10.2 Å². The molecule has 3 heteroatoms. The highest BCUT2D eigenvalue weighted by Gasteiger charge is 2.25. The molecular weight excluding hydrogens is 152 g/mol. The number of hydrogen-bond acceptors (Lipinski definition) is 3. The van der Waals surface area contributed by atoms with Gasteiger partial charge in [-0.25, -0.2) is 0 Å². The van der Waals surface area contributed by atoms with Crippen molar-refractivity contribution in [1.29, 1.82) is 0 Å². The first-order valence-corrected chi connectivity index (χ1v) is 4.83. The maximum Gasteiger partial charge on any atom is 0.0443 e. The molecule has 1 rings (SSSR count). The van der Waals surface area contributed by atoms with Crippen molar-refractivity contribution in [3.63, 3.8) is 0 Å². The molecule has 0 aromatic carbocycles. The highest BCUT2D eigenvalue weighted by molar-refractivity contribution is 4.85. The van der Waals surface area contributed by atoms with Crippen molar-refractivity contribution in [3.8, 4) is 0 Å². The van der Waals surface area contributed by atoms with E-state index in [1.165, 1.54) is 0 Å². The molecule has 1 aliphatic heterocycles. The molecule has 0 aromatic rings. The number of nitrogens with one attached hydrogen (secondary N) is 1. The Bertz CT molecular complexity index is 124. The van der Waals surface area contributed by atoms with Gasteiger partial charge >= 0.3 is 0 Å². The second-order valence-electron chi connectivity index (χ2n) is 3.72. The summed E-state index contributed by atoms with van der Waals surface area (Å²) in [6, 6.07) is 1.31. The molecule has 1 saturated heterocycles. The number of nitrogens with zero attached hydrogens (tertiary/aromatic N) is 1. The van der Waals surface area contributed by atoms with Crippen LogP contribution in [0.3, 0.4) is 0 Å². The van der Waals surface area contributed by atoms with Gasteiger partial charge in [0.1, 0.15) is 0 Å². The second-order valence-corrected chi connectivity index (χ2v) is 3.72. The molecule has 2 N–H and O–H groups in total. The van der Waals surface area contributed by atoms with Crippen LogP contribution in [0.15, 0.2) is 0 Å². The van der Waals surface area contributed by atoms with Crippen LogP contribution in [-0.2, 0) is 0 Å². The van der Waals surface area contributed by atoms with Crippen LogP contribution < -0.4 is 5.32 Å². The van der Waals surface area contributed by atoms with Crippen LogP contribution in [0.25, 0.3) is 0 Å².